The van der Waals surface area contributed by atoms with Crippen molar-refractivity contribution < 1.29 is 18.7 Å². The molecule has 29 heavy (non-hydrogen) atoms. The van der Waals surface area contributed by atoms with Crippen LogP contribution in [0.1, 0.15) is 13.3 Å². The maximum Gasteiger partial charge on any atom is 0.416 e. The van der Waals surface area contributed by atoms with E-state index in [1.807, 2.05) is 0 Å². The Kier molecular flexibility index (Phi) is 4.90. The van der Waals surface area contributed by atoms with Gasteiger partial charge < -0.3 is 10.1 Å². The number of halogens is 1. The molecule has 10 heteroatoms. The van der Waals surface area contributed by atoms with Crippen molar-refractivity contribution in [2.24, 2.45) is 0 Å². The summed E-state index contributed by atoms with van der Waals surface area (Å²) < 4.78 is 21.4. The number of cyclic esters (lactones) is 1. The summed E-state index contributed by atoms with van der Waals surface area (Å²) >= 11 is 0. The van der Waals surface area contributed by atoms with E-state index in [0.29, 0.717) is 22.6 Å². The number of anilines is 1. The summed E-state index contributed by atoms with van der Waals surface area (Å²) in [5.74, 6) is -0.178. The third-order valence-electron chi connectivity index (χ3n) is 4.44. The summed E-state index contributed by atoms with van der Waals surface area (Å²) in [6, 6.07) is 7.88. The van der Waals surface area contributed by atoms with Crippen LogP contribution in [0, 0.1) is 5.82 Å². The first kappa shape index (κ1) is 18.5. The quantitative estimate of drug-likeness (QED) is 0.710. The SMILES string of the molecule is CCC(=O)NC1CN(c2ccc(-c3ccc(-n4ccnn4)nc3)c(F)c2)C(=O)O1. The Balaban J connectivity index is 1.52. The number of nitrogens with zero attached hydrogens (tertiary/aromatic N) is 5. The van der Waals surface area contributed by atoms with E-state index in [-0.39, 0.29) is 18.9 Å². The van der Waals surface area contributed by atoms with E-state index in [9.17, 15) is 14.0 Å². The van der Waals surface area contributed by atoms with Crippen LogP contribution in [0.25, 0.3) is 16.9 Å². The molecular weight excluding hydrogens is 379 g/mol. The Bertz CT molecular complexity index is 1040. The van der Waals surface area contributed by atoms with Crippen molar-refractivity contribution in [3.8, 4) is 16.9 Å². The largest absolute Gasteiger partial charge is 0.423 e. The van der Waals surface area contributed by atoms with Gasteiger partial charge in [-0.3, -0.25) is 9.69 Å². The Hall–Kier alpha value is -3.82. The molecule has 0 radical (unpaired) electrons. The molecule has 1 unspecified atom stereocenters. The number of hydrogen-bond acceptors (Lipinski definition) is 6. The van der Waals surface area contributed by atoms with Gasteiger partial charge in [0.2, 0.25) is 5.91 Å². The van der Waals surface area contributed by atoms with Crippen molar-refractivity contribution in [2.75, 3.05) is 11.4 Å². The smallest absolute Gasteiger partial charge is 0.416 e. The lowest BCUT2D eigenvalue weighted by Crippen LogP contribution is -2.37. The normalized spacial score (nSPS) is 16.0. The van der Waals surface area contributed by atoms with Crippen molar-refractivity contribution in [1.29, 1.82) is 0 Å². The number of aromatic nitrogens is 4. The van der Waals surface area contributed by atoms with E-state index in [2.05, 4.69) is 20.6 Å². The second-order valence-corrected chi connectivity index (χ2v) is 6.32. The summed E-state index contributed by atoms with van der Waals surface area (Å²) in [5.41, 5.74) is 1.27. The minimum atomic E-state index is -0.758. The highest BCUT2D eigenvalue weighted by Gasteiger charge is 2.33. The van der Waals surface area contributed by atoms with Crippen LogP contribution < -0.4 is 10.2 Å². The zero-order valence-electron chi connectivity index (χ0n) is 15.4. The first-order valence-corrected chi connectivity index (χ1v) is 8.95. The zero-order chi connectivity index (χ0) is 20.4. The van der Waals surface area contributed by atoms with Gasteiger partial charge in [-0.2, -0.15) is 0 Å². The van der Waals surface area contributed by atoms with E-state index in [0.717, 1.165) is 0 Å². The Morgan fingerprint density at radius 3 is 2.86 bits per heavy atom. The molecule has 1 fully saturated rings. The third-order valence-corrected chi connectivity index (χ3v) is 4.44. The Morgan fingerprint density at radius 2 is 2.21 bits per heavy atom. The van der Waals surface area contributed by atoms with Gasteiger partial charge >= 0.3 is 6.09 Å². The number of pyridine rings is 1. The molecule has 9 nitrogen and oxygen atoms in total. The standard InChI is InChI=1S/C19H17FN6O3/c1-2-17(27)23-18-11-25(19(28)29-18)13-4-5-14(15(20)9-13)12-3-6-16(21-10-12)26-8-7-22-24-26/h3-10,18H,2,11H2,1H3,(H,23,27). The number of carbonyl (C=O) groups is 2. The number of ether oxygens (including phenoxy) is 1. The molecule has 148 valence electrons. The minimum absolute atomic E-state index is 0.109. The summed E-state index contributed by atoms with van der Waals surface area (Å²) in [4.78, 5) is 29.1. The number of nitrogens with one attached hydrogen (secondary N) is 1. The highest BCUT2D eigenvalue weighted by atomic mass is 19.1. The van der Waals surface area contributed by atoms with Crippen molar-refractivity contribution in [1.82, 2.24) is 25.3 Å². The number of hydrogen-bond donors (Lipinski definition) is 1. The molecule has 1 aliphatic rings. The van der Waals surface area contributed by atoms with E-state index >= 15 is 0 Å². The van der Waals surface area contributed by atoms with Crippen LogP contribution in [0.3, 0.4) is 0 Å². The van der Waals surface area contributed by atoms with Crippen molar-refractivity contribution in [2.45, 2.75) is 19.6 Å². The fourth-order valence-electron chi connectivity index (χ4n) is 2.95. The van der Waals surface area contributed by atoms with Gasteiger partial charge in [-0.15, -0.1) is 5.10 Å². The fourth-order valence-corrected chi connectivity index (χ4v) is 2.95. The van der Waals surface area contributed by atoms with Crippen LogP contribution in [-0.4, -0.2) is 44.8 Å². The highest BCUT2D eigenvalue weighted by Crippen LogP contribution is 2.28. The molecule has 1 N–H and O–H groups in total. The monoisotopic (exact) mass is 396 g/mol. The van der Waals surface area contributed by atoms with Crippen LogP contribution in [0.2, 0.25) is 0 Å². The Morgan fingerprint density at radius 1 is 1.34 bits per heavy atom. The van der Waals surface area contributed by atoms with Crippen molar-refractivity contribution in [3.05, 3.63) is 54.7 Å². The van der Waals surface area contributed by atoms with Gasteiger partial charge in [0.15, 0.2) is 12.0 Å². The van der Waals surface area contributed by atoms with Gasteiger partial charge in [-0.05, 0) is 30.3 Å². The number of amides is 2. The van der Waals surface area contributed by atoms with Gasteiger partial charge in [-0.1, -0.05) is 12.1 Å². The Labute approximate surface area is 165 Å². The summed E-state index contributed by atoms with van der Waals surface area (Å²) in [6.45, 7) is 1.81. The molecule has 0 bridgehead atoms. The molecule has 1 atom stereocenters. The van der Waals surface area contributed by atoms with Crippen LogP contribution in [0.4, 0.5) is 14.9 Å². The number of benzene rings is 1. The van der Waals surface area contributed by atoms with Gasteiger partial charge in [-0.25, -0.2) is 18.9 Å². The molecule has 1 aliphatic heterocycles. The topological polar surface area (TPSA) is 102 Å². The van der Waals surface area contributed by atoms with Gasteiger partial charge in [0.25, 0.3) is 0 Å². The molecule has 0 aliphatic carbocycles. The van der Waals surface area contributed by atoms with E-state index in [1.165, 1.54) is 28.0 Å². The maximum atomic E-state index is 14.7. The predicted octanol–water partition coefficient (Wildman–Crippen LogP) is 2.28. The van der Waals surface area contributed by atoms with Gasteiger partial charge in [0.05, 0.1) is 24.6 Å². The highest BCUT2D eigenvalue weighted by molar-refractivity contribution is 5.90. The van der Waals surface area contributed by atoms with Gasteiger partial charge in [0.1, 0.15) is 5.82 Å². The summed E-state index contributed by atoms with van der Waals surface area (Å²) in [7, 11) is 0. The second kappa shape index (κ2) is 7.66. The van der Waals surface area contributed by atoms with E-state index in [1.54, 1.807) is 37.4 Å². The molecule has 3 heterocycles. The molecule has 1 aromatic carbocycles. The van der Waals surface area contributed by atoms with E-state index < -0.39 is 18.1 Å². The molecule has 4 rings (SSSR count). The average molecular weight is 396 g/mol. The number of rotatable bonds is 5. The lowest BCUT2D eigenvalue weighted by atomic mass is 10.1. The average Bonchev–Trinajstić information content (AvgIpc) is 3.38. The summed E-state index contributed by atoms with van der Waals surface area (Å²) in [5, 5.41) is 10.2. The maximum absolute atomic E-state index is 14.7. The van der Waals surface area contributed by atoms with Crippen LogP contribution >= 0.6 is 0 Å². The first-order chi connectivity index (χ1) is 14.0. The molecule has 0 saturated carbocycles. The molecule has 2 amide bonds. The number of carbonyl (C=O) groups excluding carboxylic acids is 2. The van der Waals surface area contributed by atoms with Crippen LogP contribution in [0.5, 0.6) is 0 Å². The summed E-state index contributed by atoms with van der Waals surface area (Å²) in [6.07, 6.45) is 3.61. The van der Waals surface area contributed by atoms with Crippen molar-refractivity contribution >= 4 is 17.7 Å². The second-order valence-electron chi connectivity index (χ2n) is 6.32. The molecule has 2 aromatic heterocycles. The predicted molar refractivity (Wildman–Crippen MR) is 101 cm³/mol. The molecule has 0 spiro atoms. The molecular formula is C19H17FN6O3. The van der Waals surface area contributed by atoms with Crippen LogP contribution in [-0.2, 0) is 9.53 Å². The molecule has 1 saturated heterocycles. The third kappa shape index (κ3) is 3.77. The lowest BCUT2D eigenvalue weighted by Gasteiger charge is -2.14. The lowest BCUT2D eigenvalue weighted by molar-refractivity contribution is -0.123. The minimum Gasteiger partial charge on any atom is -0.423 e. The van der Waals surface area contributed by atoms with Crippen LogP contribution in [0.15, 0.2) is 48.9 Å². The van der Waals surface area contributed by atoms with E-state index in [4.69, 9.17) is 4.74 Å². The molecule has 3 aromatic rings. The van der Waals surface area contributed by atoms with Gasteiger partial charge in [0, 0.05) is 23.7 Å². The van der Waals surface area contributed by atoms with Crippen molar-refractivity contribution in [3.63, 3.8) is 0 Å². The first-order valence-electron chi connectivity index (χ1n) is 8.95. The zero-order valence-corrected chi connectivity index (χ0v) is 15.4. The fraction of sp³-hybridized carbons (Fsp3) is 0.211.